The van der Waals surface area contributed by atoms with E-state index in [0.717, 1.165) is 233 Å². The number of alkyl halides is 3. The zero-order valence-electron chi connectivity index (χ0n) is 88.9. The minimum absolute atomic E-state index is 0.0314. The van der Waals surface area contributed by atoms with Crippen molar-refractivity contribution in [2.24, 2.45) is 17.8 Å². The summed E-state index contributed by atoms with van der Waals surface area (Å²) in [6.07, 6.45) is 13.9. The maximum absolute atomic E-state index is 12.8. The summed E-state index contributed by atoms with van der Waals surface area (Å²) in [5, 5.41) is 29.4. The van der Waals surface area contributed by atoms with E-state index >= 15 is 0 Å². The number of aliphatic hydroxyl groups excluding tert-OH is 2. The summed E-state index contributed by atoms with van der Waals surface area (Å²) in [4.78, 5) is 70.6. The van der Waals surface area contributed by atoms with Crippen LogP contribution in [-0.4, -0.2) is 278 Å². The molecule has 6 amide bonds. The van der Waals surface area contributed by atoms with Crippen LogP contribution in [-0.2, 0) is 42.0 Å². The molecule has 0 spiro atoms. The van der Waals surface area contributed by atoms with Gasteiger partial charge in [-0.15, -0.1) is 0 Å². The van der Waals surface area contributed by atoms with Crippen LogP contribution in [0.3, 0.4) is 0 Å². The Balaban J connectivity index is 0.000000171. The second-order valence-electron chi connectivity index (χ2n) is 41.8. The van der Waals surface area contributed by atoms with Crippen LogP contribution in [0.5, 0.6) is 0 Å². The van der Waals surface area contributed by atoms with Crippen LogP contribution in [0.4, 0.5) is 67.9 Å². The number of aryl methyl sites for hydroxylation is 3. The highest BCUT2D eigenvalue weighted by atomic mass is 35.5. The van der Waals surface area contributed by atoms with Crippen LogP contribution >= 0.6 is 34.8 Å². The topological polar surface area (TPSA) is 285 Å². The number of rotatable bonds is 23. The Hall–Kier alpha value is -9.20. The van der Waals surface area contributed by atoms with Gasteiger partial charge in [0, 0.05) is 125 Å². The maximum atomic E-state index is 12.8. The van der Waals surface area contributed by atoms with Crippen molar-refractivity contribution in [2.45, 2.75) is 209 Å². The zero-order chi connectivity index (χ0) is 106. The summed E-state index contributed by atoms with van der Waals surface area (Å²) in [6, 6.07) is 32.6. The van der Waals surface area contributed by atoms with Gasteiger partial charge in [-0.25, -0.2) is 34.3 Å². The molecule has 5 N–H and O–H groups in total. The first-order chi connectivity index (χ1) is 69.2. The van der Waals surface area contributed by atoms with E-state index in [-0.39, 0.29) is 55.2 Å². The van der Waals surface area contributed by atoms with Crippen molar-refractivity contribution >= 4 is 139 Å². The first-order valence-corrected chi connectivity index (χ1v) is 55.5. The number of morpholine rings is 4. The van der Waals surface area contributed by atoms with Crippen molar-refractivity contribution < 1.29 is 79.8 Å². The minimum Gasteiger partial charge on any atom is -0.413 e. The lowest BCUT2D eigenvalue weighted by Gasteiger charge is -2.35. The molecule has 9 saturated heterocycles. The molecule has 146 heavy (non-hydrogen) atoms. The summed E-state index contributed by atoms with van der Waals surface area (Å²) in [6.45, 7) is 56.4. The molecule has 13 heterocycles. The molecule has 0 bridgehead atoms. The molecule has 9 fully saturated rings. The number of aliphatic hydroxyl groups is 2. The van der Waals surface area contributed by atoms with Crippen molar-refractivity contribution in [3.05, 3.63) is 182 Å². The standard InChI is InChI=1S/2C26H34N4O3.C20H28BF3N2O3.C18H29ClN2O2Si.C10H19BO2.C9H10Cl2N2O/c2*1-3-20-8-9-30(18-20)26(32)28-23-7-6-19(2)24(17-23)21-15-22(5-4-12-31)27-25(16-21)29-10-13-33-14-11-29;1-13-6-7-15(10-16(13)21-28-18(2,3)19(4,5)29-21)25-17(27)26-9-8-14(12-26)11-20(22,23)24;1-18(2,3)24(4,5)23-10-6-7-16-13-15(19)14-17(20-16)21-8-11-22-12-9-21;1-6-7-8-11-12-9(2,3)10(4,5)13-11;10-7-5-8(11)12-9(6-7)13-1-3-14-4-2-13/h2*4-7,15-17,20,31H,3,8-14,18H2,1-2H3,(H,28,32);6-7,10,14H,8-9,11-12H2,1-5H3,(H,25,27);6-7,13-14H,8-12H2,1-5H3;7-8H,6H2,1-5H3;5-6H,1-4H2/b2*5-4+;;7-6+;8-7+;/t2*20-;14-;;;/m110.../s1. The van der Waals surface area contributed by atoms with Crippen LogP contribution in [0.1, 0.15) is 176 Å². The highest BCUT2D eigenvalue weighted by Gasteiger charge is 2.53. The van der Waals surface area contributed by atoms with E-state index in [1.165, 1.54) is 4.90 Å². The summed E-state index contributed by atoms with van der Waals surface area (Å²) in [5.41, 5.74) is 11.4. The molecule has 0 aliphatic carbocycles. The van der Waals surface area contributed by atoms with Crippen LogP contribution in [0.15, 0.2) is 133 Å². The Kier molecular flexibility index (Phi) is 43.3. The Bertz CT molecular complexity index is 5350. The molecule has 0 radical (unpaired) electrons. The smallest absolute Gasteiger partial charge is 0.413 e. The molecular formula is C109H154B2Cl3F3N14O14Si. The molecule has 796 valence electrons. The third-order valence-corrected chi connectivity index (χ3v) is 33.9. The van der Waals surface area contributed by atoms with Crippen molar-refractivity contribution in [3.63, 3.8) is 0 Å². The highest BCUT2D eigenvalue weighted by molar-refractivity contribution is 6.74. The Morgan fingerprint density at radius 1 is 0.466 bits per heavy atom. The van der Waals surface area contributed by atoms with Gasteiger partial charge in [0.15, 0.2) is 8.32 Å². The fraction of sp³-hybridized carbons (Fsp3) is 0.550. The van der Waals surface area contributed by atoms with Gasteiger partial charge in [0.05, 0.1) is 112 Å². The van der Waals surface area contributed by atoms with Crippen LogP contribution < -0.4 is 41.0 Å². The van der Waals surface area contributed by atoms with Crippen molar-refractivity contribution in [2.75, 3.05) is 200 Å². The molecule has 7 aromatic rings. The average Bonchev–Trinajstić information content (AvgIpc) is 1.62. The third kappa shape index (κ3) is 34.4. The largest absolute Gasteiger partial charge is 0.495 e. The molecule has 9 aliphatic heterocycles. The fourth-order valence-corrected chi connectivity index (χ4v) is 19.0. The SMILES string of the molecule is CC(C)(C)[Si](C)(C)OC/C=C/c1cc(Cl)cc(N2CCOCC2)n1.CC/C=C/B1OC(C)(C)C(C)(C)O1.CC[C@@H]1CCN(C(=O)Nc2ccc(C)c(-c3cc(/C=C/CO)nc(N4CCOCC4)c3)c2)C1.CC[C@@H]1CCN(C(=O)Nc2ccc(C)c(-c3cc(/C=C/CO)nc(N4CCOCC4)c3)c2)C1.Cc1ccc(NC(=O)N2CC[C@@H](CC(F)(F)F)C2)cc1B1OC(C)(C)C(C)(C)O1.Clc1cc(Cl)nc(N2CCOCC2)c1. The van der Waals surface area contributed by atoms with Crippen molar-refractivity contribution in [1.82, 2.24) is 34.6 Å². The Labute approximate surface area is 880 Å². The average molecular weight is 2100 g/mol. The molecule has 4 aromatic heterocycles. The Morgan fingerprint density at radius 2 is 0.822 bits per heavy atom. The molecule has 9 aliphatic rings. The lowest BCUT2D eigenvalue weighted by Crippen LogP contribution is -2.41. The van der Waals surface area contributed by atoms with Gasteiger partial charge in [0.25, 0.3) is 0 Å². The summed E-state index contributed by atoms with van der Waals surface area (Å²) < 4.78 is 89.2. The van der Waals surface area contributed by atoms with Crippen LogP contribution in [0, 0.1) is 38.5 Å². The molecule has 0 unspecified atom stereocenters. The summed E-state index contributed by atoms with van der Waals surface area (Å²) >= 11 is 18.0. The molecule has 28 nitrogen and oxygen atoms in total. The molecule has 3 aromatic carbocycles. The van der Waals surface area contributed by atoms with Gasteiger partial charge < -0.3 is 102 Å². The van der Waals surface area contributed by atoms with Gasteiger partial charge in [-0.1, -0.05) is 143 Å². The number of hydrogen-bond donors (Lipinski definition) is 5. The summed E-state index contributed by atoms with van der Waals surface area (Å²) in [7, 11) is -2.44. The van der Waals surface area contributed by atoms with E-state index in [1.807, 2.05) is 147 Å². The molecule has 0 saturated carbocycles. The Morgan fingerprint density at radius 3 is 1.20 bits per heavy atom. The van der Waals surface area contributed by atoms with Gasteiger partial charge in [0.2, 0.25) is 0 Å². The lowest BCUT2D eigenvalue weighted by atomic mass is 9.76. The van der Waals surface area contributed by atoms with Crippen molar-refractivity contribution in [1.29, 1.82) is 0 Å². The zero-order valence-corrected chi connectivity index (χ0v) is 92.2. The van der Waals surface area contributed by atoms with Gasteiger partial charge >= 0.3 is 38.5 Å². The predicted molar refractivity (Wildman–Crippen MR) is 589 cm³/mol. The lowest BCUT2D eigenvalue weighted by molar-refractivity contribution is -0.143. The molecule has 16 rings (SSSR count). The third-order valence-electron chi connectivity index (χ3n) is 28.8. The van der Waals surface area contributed by atoms with E-state index in [2.05, 4.69) is 155 Å². The fourth-order valence-electron chi connectivity index (χ4n) is 17.4. The van der Waals surface area contributed by atoms with Gasteiger partial charge in [-0.3, -0.25) is 0 Å². The number of likely N-dealkylation sites (tertiary alicyclic amines) is 3. The number of pyridine rings is 4. The number of urea groups is 3. The maximum Gasteiger partial charge on any atom is 0.495 e. The van der Waals surface area contributed by atoms with E-state index in [0.29, 0.717) is 78.7 Å². The normalized spacial score (nSPS) is 19.9. The molecule has 37 heteroatoms. The van der Waals surface area contributed by atoms with E-state index in [4.69, 9.17) is 91.7 Å². The number of carbonyl (C=O) groups excluding carboxylic acids is 3. The number of allylic oxidation sites excluding steroid dienone is 1. The number of carbonyl (C=O) groups is 3. The minimum atomic E-state index is -4.20. The number of benzene rings is 3. The van der Waals surface area contributed by atoms with E-state index in [9.17, 15) is 37.8 Å². The number of anilines is 7. The van der Waals surface area contributed by atoms with Gasteiger partial charge in [-0.05, 0) is 280 Å². The van der Waals surface area contributed by atoms with Gasteiger partial charge in [0.1, 0.15) is 28.4 Å². The second-order valence-corrected chi connectivity index (χ2v) is 47.8. The molecule has 3 atom stereocenters. The van der Waals surface area contributed by atoms with Crippen molar-refractivity contribution in [3.8, 4) is 22.3 Å². The summed E-state index contributed by atoms with van der Waals surface area (Å²) in [5.74, 6) is 6.17. The number of aromatic nitrogens is 4. The molecular weight excluding hydrogens is 1940 g/mol. The number of nitrogens with zero attached hydrogens (tertiary/aromatic N) is 11. The quantitative estimate of drug-likeness (QED) is 0.0294. The number of amides is 6. The monoisotopic (exact) mass is 2100 g/mol. The van der Waals surface area contributed by atoms with Gasteiger partial charge in [-0.2, -0.15) is 13.2 Å². The number of ether oxygens (including phenoxy) is 4. The van der Waals surface area contributed by atoms with E-state index < -0.39 is 51.2 Å². The number of nitrogens with one attached hydrogen (secondary N) is 3. The van der Waals surface area contributed by atoms with E-state index in [1.54, 1.807) is 30.4 Å². The van der Waals surface area contributed by atoms with Crippen LogP contribution in [0.2, 0.25) is 33.3 Å². The second kappa shape index (κ2) is 54.0. The number of hydrogen-bond acceptors (Lipinski definition) is 22. The first kappa shape index (κ1) is 117. The number of halogens is 6. The highest BCUT2D eigenvalue weighted by Crippen LogP contribution is 2.42. The predicted octanol–water partition coefficient (Wildman–Crippen LogP) is 21.8. The first-order valence-electron chi connectivity index (χ1n) is 51.4. The van der Waals surface area contributed by atoms with Crippen LogP contribution in [0.25, 0.3) is 40.5 Å².